The van der Waals surface area contributed by atoms with Crippen LogP contribution in [0.25, 0.3) is 10.6 Å². The van der Waals surface area contributed by atoms with Gasteiger partial charge in [-0.25, -0.2) is 9.37 Å². The molecule has 2 heterocycles. The van der Waals surface area contributed by atoms with Crippen molar-refractivity contribution in [2.24, 2.45) is 0 Å². The Balaban J connectivity index is 1.94. The van der Waals surface area contributed by atoms with Gasteiger partial charge in [0.2, 0.25) is 0 Å². The number of benzene rings is 1. The Morgan fingerprint density at radius 1 is 1.44 bits per heavy atom. The second-order valence-corrected chi connectivity index (χ2v) is 5.57. The van der Waals surface area contributed by atoms with E-state index in [1.807, 2.05) is 18.4 Å². The molecule has 1 unspecified atom stereocenters. The molecule has 1 aromatic heterocycles. The highest BCUT2D eigenvalue weighted by molar-refractivity contribution is 7.13. The van der Waals surface area contributed by atoms with E-state index in [1.54, 1.807) is 6.07 Å². The fourth-order valence-electron chi connectivity index (χ4n) is 2.31. The van der Waals surface area contributed by atoms with Gasteiger partial charge in [-0.15, -0.1) is 11.3 Å². The van der Waals surface area contributed by atoms with Crippen molar-refractivity contribution in [2.45, 2.75) is 25.8 Å². The van der Waals surface area contributed by atoms with Crippen molar-refractivity contribution >= 4 is 11.3 Å². The first-order chi connectivity index (χ1) is 8.74. The number of aromatic nitrogens is 1. The molecule has 1 aliphatic heterocycles. The predicted molar refractivity (Wildman–Crippen MR) is 72.2 cm³/mol. The van der Waals surface area contributed by atoms with Gasteiger partial charge in [0.1, 0.15) is 10.8 Å². The summed E-state index contributed by atoms with van der Waals surface area (Å²) >= 11 is 1.52. The minimum Gasteiger partial charge on any atom is -0.309 e. The Kier molecular flexibility index (Phi) is 3.14. The fourth-order valence-corrected chi connectivity index (χ4v) is 3.20. The summed E-state index contributed by atoms with van der Waals surface area (Å²) in [6.07, 6.45) is 2.32. The van der Waals surface area contributed by atoms with Crippen LogP contribution in [0, 0.1) is 12.7 Å². The Bertz CT molecular complexity index is 559. The van der Waals surface area contributed by atoms with Crippen molar-refractivity contribution in [2.75, 3.05) is 6.54 Å². The highest BCUT2D eigenvalue weighted by Crippen LogP contribution is 2.31. The molecule has 0 radical (unpaired) electrons. The summed E-state index contributed by atoms with van der Waals surface area (Å²) in [7, 11) is 0. The third-order valence-corrected chi connectivity index (χ3v) is 4.19. The van der Waals surface area contributed by atoms with Crippen molar-refractivity contribution in [3.8, 4) is 10.6 Å². The molecule has 0 amide bonds. The van der Waals surface area contributed by atoms with E-state index in [0.29, 0.717) is 11.6 Å². The first kappa shape index (κ1) is 11.8. The van der Waals surface area contributed by atoms with E-state index in [2.05, 4.69) is 10.3 Å². The summed E-state index contributed by atoms with van der Waals surface area (Å²) in [6.45, 7) is 3.02. The molecule has 0 saturated carbocycles. The highest BCUT2D eigenvalue weighted by atomic mass is 32.1. The molecule has 0 spiro atoms. The summed E-state index contributed by atoms with van der Waals surface area (Å²) < 4.78 is 13.8. The van der Waals surface area contributed by atoms with Gasteiger partial charge >= 0.3 is 0 Å². The molecule has 2 aromatic rings. The molecule has 1 atom stereocenters. The van der Waals surface area contributed by atoms with E-state index in [0.717, 1.165) is 29.2 Å². The van der Waals surface area contributed by atoms with E-state index in [-0.39, 0.29) is 5.82 Å². The average Bonchev–Trinajstić information content (AvgIpc) is 3.00. The second-order valence-electron chi connectivity index (χ2n) is 4.71. The number of thiazole rings is 1. The lowest BCUT2D eigenvalue weighted by Gasteiger charge is -2.05. The van der Waals surface area contributed by atoms with Crippen molar-refractivity contribution in [1.29, 1.82) is 0 Å². The Morgan fingerprint density at radius 2 is 2.33 bits per heavy atom. The van der Waals surface area contributed by atoms with E-state index < -0.39 is 0 Å². The minimum atomic E-state index is -0.194. The molecule has 1 aromatic carbocycles. The maximum absolute atomic E-state index is 13.8. The van der Waals surface area contributed by atoms with Crippen LogP contribution in [-0.4, -0.2) is 11.5 Å². The summed E-state index contributed by atoms with van der Waals surface area (Å²) in [4.78, 5) is 4.58. The normalized spacial score (nSPS) is 19.3. The maximum Gasteiger partial charge on any atom is 0.133 e. The zero-order chi connectivity index (χ0) is 12.5. The smallest absolute Gasteiger partial charge is 0.133 e. The third-order valence-electron chi connectivity index (χ3n) is 3.29. The van der Waals surface area contributed by atoms with Crippen molar-refractivity contribution in [3.05, 3.63) is 40.7 Å². The van der Waals surface area contributed by atoms with Gasteiger partial charge < -0.3 is 5.32 Å². The van der Waals surface area contributed by atoms with E-state index >= 15 is 0 Å². The van der Waals surface area contributed by atoms with Crippen LogP contribution >= 0.6 is 11.3 Å². The predicted octanol–water partition coefficient (Wildman–Crippen LogP) is 3.68. The van der Waals surface area contributed by atoms with Crippen LogP contribution in [0.1, 0.15) is 30.1 Å². The lowest BCUT2D eigenvalue weighted by atomic mass is 10.1. The fraction of sp³-hybridized carbons (Fsp3) is 0.357. The zero-order valence-corrected chi connectivity index (χ0v) is 11.1. The molecule has 1 fully saturated rings. The largest absolute Gasteiger partial charge is 0.309 e. The van der Waals surface area contributed by atoms with Crippen molar-refractivity contribution in [3.63, 3.8) is 0 Å². The minimum absolute atomic E-state index is 0.194. The number of halogens is 1. The van der Waals surface area contributed by atoms with Crippen molar-refractivity contribution < 1.29 is 4.39 Å². The topological polar surface area (TPSA) is 24.9 Å². The molecule has 3 rings (SSSR count). The first-order valence-corrected chi connectivity index (χ1v) is 7.07. The summed E-state index contributed by atoms with van der Waals surface area (Å²) in [5.41, 5.74) is 2.72. The molecule has 2 nitrogen and oxygen atoms in total. The third kappa shape index (κ3) is 2.18. The zero-order valence-electron chi connectivity index (χ0n) is 10.2. The summed E-state index contributed by atoms with van der Waals surface area (Å²) in [5, 5.41) is 6.23. The van der Waals surface area contributed by atoms with Crippen LogP contribution in [0.4, 0.5) is 4.39 Å². The SMILES string of the molecule is Cc1ccc(F)c(-c2nc(C3CCCN3)cs2)c1. The monoisotopic (exact) mass is 262 g/mol. The van der Waals surface area contributed by atoms with Crippen LogP contribution in [0.15, 0.2) is 23.6 Å². The first-order valence-electron chi connectivity index (χ1n) is 6.19. The number of nitrogens with zero attached hydrogens (tertiary/aromatic N) is 1. The van der Waals surface area contributed by atoms with E-state index in [9.17, 15) is 4.39 Å². The molecular weight excluding hydrogens is 247 g/mol. The molecule has 18 heavy (non-hydrogen) atoms. The van der Waals surface area contributed by atoms with Crippen LogP contribution in [-0.2, 0) is 0 Å². The standard InChI is InChI=1S/C14H15FN2S/c1-9-4-5-11(15)10(7-9)14-17-13(8-18-14)12-3-2-6-16-12/h4-5,7-8,12,16H,2-3,6H2,1H3. The van der Waals surface area contributed by atoms with Gasteiger partial charge in [-0.3, -0.25) is 0 Å². The van der Waals surface area contributed by atoms with Gasteiger partial charge in [-0.1, -0.05) is 11.6 Å². The Hall–Kier alpha value is -1.26. The quantitative estimate of drug-likeness (QED) is 0.893. The number of nitrogens with one attached hydrogen (secondary N) is 1. The lowest BCUT2D eigenvalue weighted by Crippen LogP contribution is -2.12. The Labute approximate surface area is 110 Å². The van der Waals surface area contributed by atoms with Crippen LogP contribution in [0.5, 0.6) is 0 Å². The van der Waals surface area contributed by atoms with E-state index in [4.69, 9.17) is 0 Å². The molecule has 1 N–H and O–H groups in total. The van der Waals surface area contributed by atoms with Gasteiger partial charge in [0.15, 0.2) is 0 Å². The molecule has 4 heteroatoms. The van der Waals surface area contributed by atoms with Crippen LogP contribution < -0.4 is 5.32 Å². The van der Waals surface area contributed by atoms with Gasteiger partial charge in [0.05, 0.1) is 11.7 Å². The van der Waals surface area contributed by atoms with Gasteiger partial charge in [0, 0.05) is 10.9 Å². The molecule has 0 bridgehead atoms. The number of rotatable bonds is 2. The second kappa shape index (κ2) is 4.78. The number of hydrogen-bond donors (Lipinski definition) is 1. The summed E-state index contributed by atoms with van der Waals surface area (Å²) in [6, 6.07) is 5.51. The number of aryl methyl sites for hydroxylation is 1. The highest BCUT2D eigenvalue weighted by Gasteiger charge is 2.20. The van der Waals surface area contributed by atoms with Gasteiger partial charge in [-0.2, -0.15) is 0 Å². The van der Waals surface area contributed by atoms with Gasteiger partial charge in [0.25, 0.3) is 0 Å². The molecular formula is C14H15FN2S. The maximum atomic E-state index is 13.8. The summed E-state index contributed by atoms with van der Waals surface area (Å²) in [5.74, 6) is -0.194. The van der Waals surface area contributed by atoms with E-state index in [1.165, 1.54) is 23.8 Å². The average molecular weight is 262 g/mol. The molecule has 1 saturated heterocycles. The lowest BCUT2D eigenvalue weighted by molar-refractivity contribution is 0.626. The Morgan fingerprint density at radius 3 is 3.11 bits per heavy atom. The molecule has 0 aliphatic carbocycles. The molecule has 94 valence electrons. The van der Waals surface area contributed by atoms with Crippen LogP contribution in [0.2, 0.25) is 0 Å². The van der Waals surface area contributed by atoms with Crippen LogP contribution in [0.3, 0.4) is 0 Å². The number of hydrogen-bond acceptors (Lipinski definition) is 3. The van der Waals surface area contributed by atoms with Crippen molar-refractivity contribution in [1.82, 2.24) is 10.3 Å². The van der Waals surface area contributed by atoms with Gasteiger partial charge in [-0.05, 0) is 38.4 Å². The molecule has 1 aliphatic rings.